The quantitative estimate of drug-likeness (QED) is 0.517. The second-order valence-electron chi connectivity index (χ2n) is 2.84. The van der Waals surface area contributed by atoms with Crippen molar-refractivity contribution < 1.29 is 13.9 Å². The number of carbonyl (C=O) groups is 1. The molecule has 0 amide bonds. The molecule has 68 valence electrons. The number of alkyl halides is 1. The summed E-state index contributed by atoms with van der Waals surface area (Å²) in [6.45, 7) is 0. The molecule has 0 unspecified atom stereocenters. The second kappa shape index (κ2) is 3.10. The average molecular weight is 245 g/mol. The van der Waals surface area contributed by atoms with Gasteiger partial charge in [0.25, 0.3) is 0 Å². The Kier molecular flexibility index (Phi) is 2.07. The van der Waals surface area contributed by atoms with Gasteiger partial charge in [0.05, 0.1) is 0 Å². The summed E-state index contributed by atoms with van der Waals surface area (Å²) in [5, 5.41) is 0. The summed E-state index contributed by atoms with van der Waals surface area (Å²) in [5.41, 5.74) is 0.724. The first-order valence-electron chi connectivity index (χ1n) is 3.81. The van der Waals surface area contributed by atoms with Crippen LogP contribution < -0.4 is 4.74 Å². The van der Waals surface area contributed by atoms with Crippen LogP contribution in [0, 0.1) is 0 Å². The first-order chi connectivity index (χ1) is 6.16. The molecule has 1 heterocycles. The van der Waals surface area contributed by atoms with Crippen LogP contribution in [0.1, 0.15) is 5.56 Å². The number of hydrogen-bond acceptors (Lipinski definition) is 2. The number of hydrogen-bond donors (Lipinski definition) is 0. The fourth-order valence-electron chi connectivity index (χ4n) is 1.26. The van der Waals surface area contributed by atoms with Gasteiger partial charge >= 0.3 is 5.97 Å². The Labute approximate surface area is 82.8 Å². The summed E-state index contributed by atoms with van der Waals surface area (Å²) in [6.07, 6.45) is -1.42. The first kappa shape index (κ1) is 8.69. The van der Waals surface area contributed by atoms with Gasteiger partial charge in [-0.15, -0.1) is 0 Å². The van der Waals surface area contributed by atoms with Crippen molar-refractivity contribution in [3.63, 3.8) is 0 Å². The van der Waals surface area contributed by atoms with Gasteiger partial charge in [0.1, 0.15) is 5.75 Å². The number of halogens is 2. The van der Waals surface area contributed by atoms with Gasteiger partial charge in [-0.25, -0.2) is 9.18 Å². The largest absolute Gasteiger partial charge is 0.424 e. The molecule has 2 nitrogen and oxygen atoms in total. The van der Waals surface area contributed by atoms with Gasteiger partial charge in [-0.05, 0) is 23.8 Å². The third-order valence-electron chi connectivity index (χ3n) is 1.89. The lowest BCUT2D eigenvalue weighted by Gasteiger charge is -2.18. The monoisotopic (exact) mass is 244 g/mol. The molecule has 2 rings (SSSR count). The van der Waals surface area contributed by atoms with Crippen LogP contribution in [0.3, 0.4) is 0 Å². The Morgan fingerprint density at radius 2 is 2.31 bits per heavy atom. The van der Waals surface area contributed by atoms with Gasteiger partial charge in [-0.1, -0.05) is 15.9 Å². The Morgan fingerprint density at radius 3 is 3.08 bits per heavy atom. The fraction of sp³-hybridized carbons (Fsp3) is 0.222. The standard InChI is InChI=1S/C9H6BrFO2/c10-6-1-2-8-5(3-6)4-7(11)9(12)13-8/h1-3,7H,4H2/t7-/m0/s1. The minimum atomic E-state index is -1.53. The van der Waals surface area contributed by atoms with Gasteiger partial charge in [0.15, 0.2) is 0 Å². The molecule has 0 spiro atoms. The van der Waals surface area contributed by atoms with E-state index in [1.807, 2.05) is 0 Å². The van der Waals surface area contributed by atoms with Crippen molar-refractivity contribution in [3.05, 3.63) is 28.2 Å². The Balaban J connectivity index is 2.42. The highest BCUT2D eigenvalue weighted by molar-refractivity contribution is 9.10. The summed E-state index contributed by atoms with van der Waals surface area (Å²) in [7, 11) is 0. The highest BCUT2D eigenvalue weighted by Gasteiger charge is 2.27. The van der Waals surface area contributed by atoms with E-state index >= 15 is 0 Å². The first-order valence-corrected chi connectivity index (χ1v) is 4.60. The van der Waals surface area contributed by atoms with E-state index in [-0.39, 0.29) is 6.42 Å². The summed E-state index contributed by atoms with van der Waals surface area (Å²) in [4.78, 5) is 10.8. The predicted molar refractivity (Wildman–Crippen MR) is 48.4 cm³/mol. The van der Waals surface area contributed by atoms with Crippen LogP contribution in [0.5, 0.6) is 5.75 Å². The van der Waals surface area contributed by atoms with Gasteiger partial charge in [0, 0.05) is 10.9 Å². The van der Waals surface area contributed by atoms with Crippen molar-refractivity contribution >= 4 is 21.9 Å². The van der Waals surface area contributed by atoms with Crippen LogP contribution >= 0.6 is 15.9 Å². The maximum Gasteiger partial charge on any atom is 0.346 e. The molecule has 1 aromatic carbocycles. The highest BCUT2D eigenvalue weighted by Crippen LogP contribution is 2.29. The van der Waals surface area contributed by atoms with Gasteiger partial charge < -0.3 is 4.74 Å². The number of carbonyl (C=O) groups excluding carboxylic acids is 1. The summed E-state index contributed by atoms with van der Waals surface area (Å²) in [6, 6.07) is 5.17. The van der Waals surface area contributed by atoms with Crippen LogP contribution in [-0.2, 0) is 11.2 Å². The molecule has 0 saturated heterocycles. The summed E-state index contributed by atoms with van der Waals surface area (Å²) in [5.74, 6) is -0.336. The van der Waals surface area contributed by atoms with E-state index in [9.17, 15) is 9.18 Å². The van der Waals surface area contributed by atoms with Crippen LogP contribution in [0.4, 0.5) is 4.39 Å². The van der Waals surface area contributed by atoms with Crippen LogP contribution in [0.2, 0.25) is 0 Å². The number of benzene rings is 1. The third-order valence-corrected chi connectivity index (χ3v) is 2.38. The molecule has 1 aliphatic rings. The van der Waals surface area contributed by atoms with Crippen LogP contribution in [0.15, 0.2) is 22.7 Å². The minimum absolute atomic E-state index is 0.105. The normalized spacial score (nSPS) is 20.8. The lowest BCUT2D eigenvalue weighted by molar-refractivity contribution is -0.141. The topological polar surface area (TPSA) is 26.3 Å². The minimum Gasteiger partial charge on any atom is -0.424 e. The molecule has 4 heteroatoms. The van der Waals surface area contributed by atoms with Crippen molar-refractivity contribution in [2.24, 2.45) is 0 Å². The van der Waals surface area contributed by atoms with E-state index in [4.69, 9.17) is 4.74 Å². The third kappa shape index (κ3) is 1.58. The zero-order chi connectivity index (χ0) is 9.42. The molecule has 0 saturated carbocycles. The maximum absolute atomic E-state index is 12.9. The van der Waals surface area contributed by atoms with Crippen molar-refractivity contribution in [1.29, 1.82) is 0 Å². The van der Waals surface area contributed by atoms with Crippen LogP contribution in [-0.4, -0.2) is 12.1 Å². The van der Waals surface area contributed by atoms with Crippen molar-refractivity contribution in [2.45, 2.75) is 12.6 Å². The van der Waals surface area contributed by atoms with Crippen molar-refractivity contribution in [1.82, 2.24) is 0 Å². The molecule has 0 aliphatic carbocycles. The van der Waals surface area contributed by atoms with Gasteiger partial charge in [-0.3, -0.25) is 0 Å². The smallest absolute Gasteiger partial charge is 0.346 e. The molecule has 13 heavy (non-hydrogen) atoms. The van der Waals surface area contributed by atoms with Crippen molar-refractivity contribution in [3.8, 4) is 5.75 Å². The van der Waals surface area contributed by atoms with Gasteiger partial charge in [-0.2, -0.15) is 0 Å². The lowest BCUT2D eigenvalue weighted by atomic mass is 10.1. The van der Waals surface area contributed by atoms with E-state index in [2.05, 4.69) is 15.9 Å². The molecule has 1 atom stereocenters. The van der Waals surface area contributed by atoms with E-state index in [0.717, 1.165) is 10.0 Å². The predicted octanol–water partition coefficient (Wildman–Crippen LogP) is 2.25. The fourth-order valence-corrected chi connectivity index (χ4v) is 1.66. The molecular formula is C9H6BrFO2. The Hall–Kier alpha value is -0.900. The second-order valence-corrected chi connectivity index (χ2v) is 3.76. The molecule has 0 N–H and O–H groups in total. The SMILES string of the molecule is O=C1Oc2ccc(Br)cc2C[C@@H]1F. The molecule has 1 aromatic rings. The highest BCUT2D eigenvalue weighted by atomic mass is 79.9. The summed E-state index contributed by atoms with van der Waals surface area (Å²) >= 11 is 3.26. The lowest BCUT2D eigenvalue weighted by Crippen LogP contribution is -2.28. The van der Waals surface area contributed by atoms with Gasteiger partial charge in [0.2, 0.25) is 6.17 Å². The Morgan fingerprint density at radius 1 is 1.54 bits per heavy atom. The molecule has 0 aromatic heterocycles. The van der Waals surface area contributed by atoms with E-state index < -0.39 is 12.1 Å². The number of rotatable bonds is 0. The van der Waals surface area contributed by atoms with E-state index in [1.165, 1.54) is 0 Å². The average Bonchev–Trinajstić information content (AvgIpc) is 2.08. The van der Waals surface area contributed by atoms with E-state index in [0.29, 0.717) is 5.75 Å². The number of fused-ring (bicyclic) bond motifs is 1. The summed E-state index contributed by atoms with van der Waals surface area (Å²) < 4.78 is 18.5. The zero-order valence-electron chi connectivity index (χ0n) is 6.59. The number of ether oxygens (including phenoxy) is 1. The molecule has 0 fully saturated rings. The zero-order valence-corrected chi connectivity index (χ0v) is 8.17. The Bertz CT molecular complexity index is 365. The molecule has 0 radical (unpaired) electrons. The van der Waals surface area contributed by atoms with Crippen molar-refractivity contribution in [2.75, 3.05) is 0 Å². The van der Waals surface area contributed by atoms with Crippen LogP contribution in [0.25, 0.3) is 0 Å². The maximum atomic E-state index is 12.9. The number of esters is 1. The van der Waals surface area contributed by atoms with E-state index in [1.54, 1.807) is 18.2 Å². The molecular weight excluding hydrogens is 239 g/mol. The molecule has 0 bridgehead atoms. The molecule has 1 aliphatic heterocycles.